The SMILES string of the molecule is CC(=O)O.CC(=O)OC[C@@H](CO)Cc1ccccc1. The summed E-state index contributed by atoms with van der Waals surface area (Å²) in [5, 5.41) is 16.5. The van der Waals surface area contributed by atoms with Gasteiger partial charge in [0, 0.05) is 26.4 Å². The number of carbonyl (C=O) groups excluding carboxylic acids is 1. The van der Waals surface area contributed by atoms with Crippen molar-refractivity contribution in [2.24, 2.45) is 5.92 Å². The standard InChI is InChI=1S/C12H16O3.C2H4O2/c1-10(14)15-9-12(8-13)7-11-5-3-2-4-6-11;1-2(3)4/h2-6,12-13H,7-9H2,1H3;1H3,(H,3,4)/t12-;/m1./s1. The molecule has 19 heavy (non-hydrogen) atoms. The van der Waals surface area contributed by atoms with Crippen molar-refractivity contribution in [2.75, 3.05) is 13.2 Å². The molecule has 1 atom stereocenters. The molecule has 0 aromatic heterocycles. The fraction of sp³-hybridized carbons (Fsp3) is 0.429. The molecule has 0 unspecified atom stereocenters. The summed E-state index contributed by atoms with van der Waals surface area (Å²) in [4.78, 5) is 19.6. The van der Waals surface area contributed by atoms with Crippen molar-refractivity contribution in [3.8, 4) is 0 Å². The maximum atomic E-state index is 10.6. The summed E-state index contributed by atoms with van der Waals surface area (Å²) in [6.07, 6.45) is 0.727. The van der Waals surface area contributed by atoms with Gasteiger partial charge in [-0.25, -0.2) is 0 Å². The van der Waals surface area contributed by atoms with Crippen molar-refractivity contribution in [1.82, 2.24) is 0 Å². The van der Waals surface area contributed by atoms with Gasteiger partial charge >= 0.3 is 5.97 Å². The lowest BCUT2D eigenvalue weighted by Crippen LogP contribution is -2.18. The minimum atomic E-state index is -0.833. The highest BCUT2D eigenvalue weighted by Crippen LogP contribution is 2.08. The fourth-order valence-electron chi connectivity index (χ4n) is 1.36. The number of carbonyl (C=O) groups is 2. The number of rotatable bonds is 5. The second kappa shape index (κ2) is 10.1. The second-order valence-corrected chi connectivity index (χ2v) is 4.06. The van der Waals surface area contributed by atoms with Gasteiger partial charge in [-0.1, -0.05) is 30.3 Å². The molecule has 106 valence electrons. The zero-order valence-corrected chi connectivity index (χ0v) is 11.2. The quantitative estimate of drug-likeness (QED) is 0.790. The number of carboxylic acids is 1. The third kappa shape index (κ3) is 11.0. The molecule has 1 aromatic carbocycles. The summed E-state index contributed by atoms with van der Waals surface area (Å²) in [6.45, 7) is 2.76. The normalized spacial score (nSPS) is 10.9. The Hall–Kier alpha value is -1.88. The summed E-state index contributed by atoms with van der Waals surface area (Å²) in [7, 11) is 0. The van der Waals surface area contributed by atoms with Crippen LogP contribution in [-0.4, -0.2) is 35.4 Å². The number of esters is 1. The summed E-state index contributed by atoms with van der Waals surface area (Å²) in [6, 6.07) is 9.85. The number of aliphatic hydroxyl groups is 1. The van der Waals surface area contributed by atoms with E-state index in [1.807, 2.05) is 30.3 Å². The first-order chi connectivity index (χ1) is 8.95. The molecule has 0 aliphatic heterocycles. The zero-order valence-electron chi connectivity index (χ0n) is 11.2. The highest BCUT2D eigenvalue weighted by molar-refractivity contribution is 5.65. The largest absolute Gasteiger partial charge is 0.481 e. The average molecular weight is 268 g/mol. The molecule has 0 bridgehead atoms. The molecular formula is C14H20O5. The highest BCUT2D eigenvalue weighted by atomic mass is 16.5. The molecule has 1 aromatic rings. The maximum Gasteiger partial charge on any atom is 0.302 e. The molecule has 1 rings (SSSR count). The lowest BCUT2D eigenvalue weighted by molar-refractivity contribution is -0.142. The fourth-order valence-corrected chi connectivity index (χ4v) is 1.36. The van der Waals surface area contributed by atoms with Crippen LogP contribution in [0.4, 0.5) is 0 Å². The summed E-state index contributed by atoms with van der Waals surface area (Å²) >= 11 is 0. The minimum absolute atomic E-state index is 0.0173. The molecule has 0 saturated heterocycles. The van der Waals surface area contributed by atoms with Crippen LogP contribution in [0, 0.1) is 5.92 Å². The summed E-state index contributed by atoms with van der Waals surface area (Å²) < 4.78 is 4.87. The molecular weight excluding hydrogens is 248 g/mol. The summed E-state index contributed by atoms with van der Waals surface area (Å²) in [5.41, 5.74) is 1.14. The number of hydrogen-bond acceptors (Lipinski definition) is 4. The van der Waals surface area contributed by atoms with E-state index in [4.69, 9.17) is 19.7 Å². The molecule has 0 amide bonds. The maximum absolute atomic E-state index is 10.6. The van der Waals surface area contributed by atoms with Gasteiger partial charge in [-0.15, -0.1) is 0 Å². The van der Waals surface area contributed by atoms with Crippen LogP contribution in [0.1, 0.15) is 19.4 Å². The molecule has 0 aliphatic rings. The lowest BCUT2D eigenvalue weighted by Gasteiger charge is -2.13. The molecule has 0 aliphatic carbocycles. The van der Waals surface area contributed by atoms with E-state index in [1.165, 1.54) is 6.92 Å². The van der Waals surface area contributed by atoms with E-state index < -0.39 is 5.97 Å². The second-order valence-electron chi connectivity index (χ2n) is 4.06. The number of carboxylic acid groups (broad SMARTS) is 1. The van der Waals surface area contributed by atoms with Gasteiger partial charge in [0.25, 0.3) is 5.97 Å². The number of hydrogen-bond donors (Lipinski definition) is 2. The van der Waals surface area contributed by atoms with Gasteiger partial charge in [-0.05, 0) is 12.0 Å². The number of benzene rings is 1. The van der Waals surface area contributed by atoms with Crippen molar-refractivity contribution >= 4 is 11.9 Å². The third-order valence-electron chi connectivity index (χ3n) is 2.15. The van der Waals surface area contributed by atoms with Gasteiger partial charge in [0.1, 0.15) is 0 Å². The topological polar surface area (TPSA) is 83.8 Å². The molecule has 5 heteroatoms. The first kappa shape index (κ1) is 17.1. The van der Waals surface area contributed by atoms with E-state index in [-0.39, 0.29) is 25.1 Å². The summed E-state index contributed by atoms with van der Waals surface area (Å²) in [5.74, 6) is -1.15. The Labute approximate surface area is 112 Å². The molecule has 0 radical (unpaired) electrons. The average Bonchev–Trinajstić information content (AvgIpc) is 2.35. The Morgan fingerprint density at radius 2 is 1.74 bits per heavy atom. The van der Waals surface area contributed by atoms with Gasteiger partial charge < -0.3 is 14.9 Å². The van der Waals surface area contributed by atoms with Crippen LogP contribution in [0.15, 0.2) is 30.3 Å². The van der Waals surface area contributed by atoms with Crippen LogP contribution in [0.3, 0.4) is 0 Å². The first-order valence-corrected chi connectivity index (χ1v) is 5.93. The molecule has 0 spiro atoms. The van der Waals surface area contributed by atoms with Gasteiger partial charge in [-0.3, -0.25) is 9.59 Å². The van der Waals surface area contributed by atoms with Crippen molar-refractivity contribution in [3.05, 3.63) is 35.9 Å². The van der Waals surface area contributed by atoms with Crippen LogP contribution in [0.2, 0.25) is 0 Å². The van der Waals surface area contributed by atoms with E-state index in [1.54, 1.807) is 0 Å². The number of ether oxygens (including phenoxy) is 1. The van der Waals surface area contributed by atoms with Crippen LogP contribution < -0.4 is 0 Å². The van der Waals surface area contributed by atoms with Crippen LogP contribution in [0.25, 0.3) is 0 Å². The van der Waals surface area contributed by atoms with Crippen molar-refractivity contribution < 1.29 is 24.5 Å². The van der Waals surface area contributed by atoms with Crippen LogP contribution >= 0.6 is 0 Å². The highest BCUT2D eigenvalue weighted by Gasteiger charge is 2.09. The van der Waals surface area contributed by atoms with E-state index in [0.717, 1.165) is 18.9 Å². The van der Waals surface area contributed by atoms with Gasteiger partial charge in [0.15, 0.2) is 0 Å². The third-order valence-corrected chi connectivity index (χ3v) is 2.15. The van der Waals surface area contributed by atoms with Crippen molar-refractivity contribution in [3.63, 3.8) is 0 Å². The first-order valence-electron chi connectivity index (χ1n) is 5.93. The van der Waals surface area contributed by atoms with Crippen LogP contribution in [-0.2, 0) is 20.7 Å². The van der Waals surface area contributed by atoms with Gasteiger partial charge in [0.2, 0.25) is 0 Å². The molecule has 2 N–H and O–H groups in total. The van der Waals surface area contributed by atoms with E-state index in [0.29, 0.717) is 0 Å². The van der Waals surface area contributed by atoms with E-state index in [2.05, 4.69) is 0 Å². The smallest absolute Gasteiger partial charge is 0.302 e. The predicted octanol–water partition coefficient (Wildman–Crippen LogP) is 1.49. The van der Waals surface area contributed by atoms with Crippen molar-refractivity contribution in [1.29, 1.82) is 0 Å². The van der Waals surface area contributed by atoms with Gasteiger partial charge in [-0.2, -0.15) is 0 Å². The van der Waals surface area contributed by atoms with Crippen LogP contribution in [0.5, 0.6) is 0 Å². The Morgan fingerprint density at radius 3 is 2.16 bits per heavy atom. The predicted molar refractivity (Wildman–Crippen MR) is 70.7 cm³/mol. The molecule has 0 saturated carbocycles. The Balaban J connectivity index is 0.000000711. The Bertz CT molecular complexity index is 371. The minimum Gasteiger partial charge on any atom is -0.481 e. The van der Waals surface area contributed by atoms with Crippen molar-refractivity contribution in [2.45, 2.75) is 20.3 Å². The molecule has 0 fully saturated rings. The zero-order chi connectivity index (χ0) is 14.7. The Kier molecular flexibility index (Phi) is 9.08. The number of aliphatic hydroxyl groups excluding tert-OH is 1. The van der Waals surface area contributed by atoms with Gasteiger partial charge in [0.05, 0.1) is 6.61 Å². The molecule has 5 nitrogen and oxygen atoms in total. The molecule has 0 heterocycles. The monoisotopic (exact) mass is 268 g/mol. The lowest BCUT2D eigenvalue weighted by atomic mass is 10.0. The number of aliphatic carboxylic acids is 1. The Morgan fingerprint density at radius 1 is 1.21 bits per heavy atom. The van der Waals surface area contributed by atoms with E-state index >= 15 is 0 Å². The van der Waals surface area contributed by atoms with E-state index in [9.17, 15) is 4.79 Å².